The first kappa shape index (κ1) is 8.01. The van der Waals surface area contributed by atoms with Crippen LogP contribution >= 0.6 is 11.6 Å². The molecule has 0 spiro atoms. The normalized spacial score (nSPS) is 29.5. The summed E-state index contributed by atoms with van der Waals surface area (Å²) < 4.78 is 10.5. The summed E-state index contributed by atoms with van der Waals surface area (Å²) in [4.78, 5) is 0. The van der Waals surface area contributed by atoms with Crippen molar-refractivity contribution in [3.8, 4) is 0 Å². The Kier molecular flexibility index (Phi) is 2.02. The van der Waals surface area contributed by atoms with Gasteiger partial charge < -0.3 is 9.15 Å². The molecule has 0 bridgehead atoms. The molecule has 1 fully saturated rings. The highest BCUT2D eigenvalue weighted by Crippen LogP contribution is 2.31. The fourth-order valence-corrected chi connectivity index (χ4v) is 1.45. The Hall–Kier alpha value is -0.610. The Morgan fingerprint density at radius 3 is 2.75 bits per heavy atom. The molecule has 0 aliphatic carbocycles. The first-order valence-electron chi connectivity index (χ1n) is 3.90. The molecule has 1 saturated heterocycles. The molecule has 0 amide bonds. The molecule has 4 nitrogen and oxygen atoms in total. The van der Waals surface area contributed by atoms with E-state index in [1.165, 1.54) is 0 Å². The van der Waals surface area contributed by atoms with Crippen molar-refractivity contribution in [2.45, 2.75) is 32.0 Å². The summed E-state index contributed by atoms with van der Waals surface area (Å²) in [7, 11) is 0. The number of hydrogen-bond acceptors (Lipinski definition) is 4. The zero-order valence-corrected chi connectivity index (χ0v) is 7.41. The van der Waals surface area contributed by atoms with Gasteiger partial charge in [-0.3, -0.25) is 0 Å². The van der Waals surface area contributed by atoms with Crippen molar-refractivity contribution >= 4 is 11.6 Å². The molecule has 1 aliphatic heterocycles. The Bertz CT molecular complexity index is 276. The van der Waals surface area contributed by atoms with Crippen LogP contribution in [-0.4, -0.2) is 16.3 Å². The van der Waals surface area contributed by atoms with Crippen LogP contribution in [0.1, 0.15) is 31.8 Å². The van der Waals surface area contributed by atoms with Gasteiger partial charge >= 0.3 is 5.35 Å². The van der Waals surface area contributed by atoms with Crippen LogP contribution in [0, 0.1) is 0 Å². The zero-order valence-electron chi connectivity index (χ0n) is 6.66. The van der Waals surface area contributed by atoms with Gasteiger partial charge in [0.15, 0.2) is 0 Å². The Balaban J connectivity index is 2.11. The largest absolute Gasteiger partial charge is 0.409 e. The Labute approximate surface area is 74.9 Å². The molecule has 12 heavy (non-hydrogen) atoms. The van der Waals surface area contributed by atoms with Gasteiger partial charge in [0.25, 0.3) is 0 Å². The van der Waals surface area contributed by atoms with Gasteiger partial charge in [-0.05, 0) is 31.4 Å². The van der Waals surface area contributed by atoms with Crippen LogP contribution < -0.4 is 0 Å². The highest BCUT2D eigenvalue weighted by atomic mass is 35.5. The smallest absolute Gasteiger partial charge is 0.312 e. The second kappa shape index (κ2) is 3.03. The summed E-state index contributed by atoms with van der Waals surface area (Å²) in [5, 5.41) is 7.39. The van der Waals surface area contributed by atoms with Crippen LogP contribution in [0.15, 0.2) is 4.42 Å². The molecule has 1 aromatic heterocycles. The Morgan fingerprint density at radius 1 is 1.42 bits per heavy atom. The summed E-state index contributed by atoms with van der Waals surface area (Å²) >= 11 is 5.48. The maximum absolute atomic E-state index is 5.51. The standard InChI is InChI=1S/C7H9ClN2O2/c1-4-2-3-5(11-4)6-9-10-7(8)12-6/h4-5H,2-3H2,1H3. The highest BCUT2D eigenvalue weighted by Gasteiger charge is 2.27. The highest BCUT2D eigenvalue weighted by molar-refractivity contribution is 6.27. The summed E-state index contributed by atoms with van der Waals surface area (Å²) in [6, 6.07) is 0. The second-order valence-corrected chi connectivity index (χ2v) is 3.23. The Morgan fingerprint density at radius 2 is 2.25 bits per heavy atom. The van der Waals surface area contributed by atoms with Crippen molar-refractivity contribution in [1.29, 1.82) is 0 Å². The fraction of sp³-hybridized carbons (Fsp3) is 0.714. The van der Waals surface area contributed by atoms with E-state index in [1.807, 2.05) is 6.92 Å². The molecule has 0 aromatic carbocycles. The van der Waals surface area contributed by atoms with Gasteiger partial charge in [0.1, 0.15) is 6.10 Å². The average Bonchev–Trinajstić information content (AvgIpc) is 2.58. The SMILES string of the molecule is CC1CCC(c2nnc(Cl)o2)O1. The molecule has 2 atom stereocenters. The van der Waals surface area contributed by atoms with Crippen LogP contribution in [0.2, 0.25) is 5.35 Å². The lowest BCUT2D eigenvalue weighted by atomic mass is 10.2. The first-order valence-corrected chi connectivity index (χ1v) is 4.28. The third-order valence-corrected chi connectivity index (χ3v) is 2.08. The summed E-state index contributed by atoms with van der Waals surface area (Å²) in [6.45, 7) is 2.03. The third-order valence-electron chi connectivity index (χ3n) is 1.92. The minimum absolute atomic E-state index is 0.0556. The molecule has 2 heterocycles. The number of aromatic nitrogens is 2. The molecule has 2 rings (SSSR count). The minimum Gasteiger partial charge on any atom is -0.409 e. The summed E-state index contributed by atoms with van der Waals surface area (Å²) in [5.41, 5.74) is 0. The zero-order chi connectivity index (χ0) is 8.55. The number of nitrogens with zero attached hydrogens (tertiary/aromatic N) is 2. The van der Waals surface area contributed by atoms with Gasteiger partial charge in [0.2, 0.25) is 5.89 Å². The van der Waals surface area contributed by atoms with E-state index >= 15 is 0 Å². The van der Waals surface area contributed by atoms with E-state index in [4.69, 9.17) is 20.8 Å². The van der Waals surface area contributed by atoms with Crippen molar-refractivity contribution < 1.29 is 9.15 Å². The maximum Gasteiger partial charge on any atom is 0.312 e. The molecular weight excluding hydrogens is 180 g/mol. The second-order valence-electron chi connectivity index (χ2n) is 2.91. The van der Waals surface area contributed by atoms with Gasteiger partial charge in [-0.2, -0.15) is 0 Å². The molecule has 66 valence electrons. The monoisotopic (exact) mass is 188 g/mol. The number of hydrogen-bond donors (Lipinski definition) is 0. The molecule has 0 saturated carbocycles. The summed E-state index contributed by atoms with van der Waals surface area (Å²) in [6.07, 6.45) is 2.19. The lowest BCUT2D eigenvalue weighted by Gasteiger charge is -2.04. The molecule has 0 radical (unpaired) electrons. The number of halogens is 1. The fourth-order valence-electron chi connectivity index (χ4n) is 1.33. The van der Waals surface area contributed by atoms with E-state index in [1.54, 1.807) is 0 Å². The van der Waals surface area contributed by atoms with E-state index in [-0.39, 0.29) is 17.6 Å². The molecule has 5 heteroatoms. The van der Waals surface area contributed by atoms with Crippen molar-refractivity contribution in [3.63, 3.8) is 0 Å². The lowest BCUT2D eigenvalue weighted by molar-refractivity contribution is 0.0391. The van der Waals surface area contributed by atoms with Crippen molar-refractivity contribution in [3.05, 3.63) is 11.2 Å². The third kappa shape index (κ3) is 1.44. The van der Waals surface area contributed by atoms with E-state index < -0.39 is 0 Å². The molecule has 2 unspecified atom stereocenters. The quantitative estimate of drug-likeness (QED) is 0.676. The topological polar surface area (TPSA) is 48.2 Å². The van der Waals surface area contributed by atoms with Crippen LogP contribution in [-0.2, 0) is 4.74 Å². The minimum atomic E-state index is -0.0556. The average molecular weight is 189 g/mol. The van der Waals surface area contributed by atoms with E-state index in [2.05, 4.69) is 10.2 Å². The van der Waals surface area contributed by atoms with Crippen molar-refractivity contribution in [1.82, 2.24) is 10.2 Å². The van der Waals surface area contributed by atoms with Gasteiger partial charge in [0, 0.05) is 0 Å². The predicted octanol–water partition coefficient (Wildman–Crippen LogP) is 1.96. The van der Waals surface area contributed by atoms with Gasteiger partial charge in [-0.1, -0.05) is 5.10 Å². The van der Waals surface area contributed by atoms with Gasteiger partial charge in [0.05, 0.1) is 6.10 Å². The first-order chi connectivity index (χ1) is 5.75. The van der Waals surface area contributed by atoms with Crippen LogP contribution in [0.3, 0.4) is 0 Å². The molecular formula is C7H9ClN2O2. The van der Waals surface area contributed by atoms with Crippen LogP contribution in [0.4, 0.5) is 0 Å². The number of rotatable bonds is 1. The van der Waals surface area contributed by atoms with Gasteiger partial charge in [-0.25, -0.2) is 0 Å². The van der Waals surface area contributed by atoms with Crippen LogP contribution in [0.5, 0.6) is 0 Å². The molecule has 1 aromatic rings. The molecule has 1 aliphatic rings. The van der Waals surface area contributed by atoms with Crippen LogP contribution in [0.25, 0.3) is 0 Å². The van der Waals surface area contributed by atoms with E-state index in [9.17, 15) is 0 Å². The summed E-state index contributed by atoms with van der Waals surface area (Å²) in [5.74, 6) is 0.490. The lowest BCUT2D eigenvalue weighted by Crippen LogP contribution is -2.01. The van der Waals surface area contributed by atoms with Gasteiger partial charge in [-0.15, -0.1) is 5.10 Å². The van der Waals surface area contributed by atoms with Crippen molar-refractivity contribution in [2.24, 2.45) is 0 Å². The van der Waals surface area contributed by atoms with E-state index in [0.717, 1.165) is 12.8 Å². The van der Waals surface area contributed by atoms with Crippen molar-refractivity contribution in [2.75, 3.05) is 0 Å². The maximum atomic E-state index is 5.51. The number of ether oxygens (including phenoxy) is 1. The molecule has 0 N–H and O–H groups in total. The predicted molar refractivity (Wildman–Crippen MR) is 41.8 cm³/mol. The van der Waals surface area contributed by atoms with E-state index in [0.29, 0.717) is 5.89 Å².